The number of aryl methyl sites for hydroxylation is 2. The number of carboxylic acid groups (broad SMARTS) is 1. The summed E-state index contributed by atoms with van der Waals surface area (Å²) in [5.41, 5.74) is 4.74. The van der Waals surface area contributed by atoms with Crippen molar-refractivity contribution < 1.29 is 9.90 Å². The Kier molecular flexibility index (Phi) is 2.88. The van der Waals surface area contributed by atoms with E-state index in [0.29, 0.717) is 5.57 Å². The number of nitrogens with zero attached hydrogens (tertiary/aromatic N) is 1. The summed E-state index contributed by atoms with van der Waals surface area (Å²) in [6, 6.07) is 11.9. The van der Waals surface area contributed by atoms with Crippen molar-refractivity contribution in [1.82, 2.24) is 4.98 Å². The predicted molar refractivity (Wildman–Crippen MR) is 72.8 cm³/mol. The number of benzene rings is 1. The zero-order chi connectivity index (χ0) is 13.2. The summed E-state index contributed by atoms with van der Waals surface area (Å²) < 4.78 is 0. The van der Waals surface area contributed by atoms with Crippen molar-refractivity contribution in [2.45, 2.75) is 12.8 Å². The van der Waals surface area contributed by atoms with E-state index in [9.17, 15) is 4.79 Å². The molecular weight excluding hydrogens is 238 g/mol. The second-order valence-electron chi connectivity index (χ2n) is 4.56. The average Bonchev–Trinajstić information content (AvgIpc) is 2.57. The van der Waals surface area contributed by atoms with Gasteiger partial charge in [-0.05, 0) is 35.6 Å². The number of carbonyl (C=O) groups is 1. The quantitative estimate of drug-likeness (QED) is 0.793. The first-order valence-corrected chi connectivity index (χ1v) is 6.23. The van der Waals surface area contributed by atoms with Crippen LogP contribution in [0.5, 0.6) is 0 Å². The number of rotatable bonds is 1. The van der Waals surface area contributed by atoms with E-state index in [1.54, 1.807) is 6.20 Å². The van der Waals surface area contributed by atoms with Crippen molar-refractivity contribution in [3.63, 3.8) is 0 Å². The maximum atomic E-state index is 11.1. The van der Waals surface area contributed by atoms with E-state index in [2.05, 4.69) is 11.1 Å². The predicted octanol–water partition coefficient (Wildman–Crippen LogP) is 2.70. The lowest BCUT2D eigenvalue weighted by Gasteiger charge is -2.09. The molecule has 3 rings (SSSR count). The van der Waals surface area contributed by atoms with Gasteiger partial charge in [0.25, 0.3) is 0 Å². The molecule has 0 saturated heterocycles. The van der Waals surface area contributed by atoms with Gasteiger partial charge in [0.05, 0.1) is 5.69 Å². The molecular formula is C16H13NO2. The first kappa shape index (κ1) is 11.7. The Morgan fingerprint density at radius 3 is 2.68 bits per heavy atom. The van der Waals surface area contributed by atoms with Gasteiger partial charge in [-0.1, -0.05) is 30.3 Å². The van der Waals surface area contributed by atoms with Crippen LogP contribution in [0, 0.1) is 0 Å². The van der Waals surface area contributed by atoms with Crippen molar-refractivity contribution in [1.29, 1.82) is 0 Å². The molecule has 0 bridgehead atoms. The fourth-order valence-corrected chi connectivity index (χ4v) is 2.55. The fraction of sp³-hybridized carbons (Fsp3) is 0.125. The Balaban J connectivity index is 2.28. The molecule has 1 heterocycles. The third-order valence-corrected chi connectivity index (χ3v) is 3.39. The summed E-state index contributed by atoms with van der Waals surface area (Å²) in [7, 11) is 0. The summed E-state index contributed by atoms with van der Waals surface area (Å²) in [6.45, 7) is 0. The van der Waals surface area contributed by atoms with Crippen LogP contribution in [0.2, 0.25) is 0 Å². The second kappa shape index (κ2) is 4.69. The maximum absolute atomic E-state index is 11.1. The number of pyridine rings is 1. The molecule has 0 unspecified atom stereocenters. The van der Waals surface area contributed by atoms with Gasteiger partial charge in [-0.25, -0.2) is 4.79 Å². The molecule has 1 aliphatic carbocycles. The normalized spacial score (nSPS) is 15.5. The fourth-order valence-electron chi connectivity index (χ4n) is 2.55. The number of hydrogen-bond donors (Lipinski definition) is 1. The van der Waals surface area contributed by atoms with Gasteiger partial charge in [0.2, 0.25) is 0 Å². The van der Waals surface area contributed by atoms with Gasteiger partial charge < -0.3 is 5.11 Å². The molecule has 3 heteroatoms. The van der Waals surface area contributed by atoms with E-state index in [4.69, 9.17) is 5.11 Å². The van der Waals surface area contributed by atoms with Crippen LogP contribution in [0.3, 0.4) is 0 Å². The van der Waals surface area contributed by atoms with E-state index < -0.39 is 5.97 Å². The van der Waals surface area contributed by atoms with E-state index >= 15 is 0 Å². The zero-order valence-electron chi connectivity index (χ0n) is 10.3. The number of aliphatic carboxylic acids is 1. The minimum Gasteiger partial charge on any atom is -0.478 e. The van der Waals surface area contributed by atoms with Crippen molar-refractivity contribution in [3.8, 4) is 0 Å². The van der Waals surface area contributed by atoms with Gasteiger partial charge in [0.15, 0.2) is 0 Å². The summed E-state index contributed by atoms with van der Waals surface area (Å²) >= 11 is 0. The highest BCUT2D eigenvalue weighted by molar-refractivity contribution is 5.96. The molecule has 0 saturated carbocycles. The molecule has 2 aromatic rings. The van der Waals surface area contributed by atoms with Crippen molar-refractivity contribution in [3.05, 3.63) is 71.1 Å². The van der Waals surface area contributed by atoms with Crippen molar-refractivity contribution in [2.75, 3.05) is 0 Å². The topological polar surface area (TPSA) is 50.2 Å². The lowest BCUT2D eigenvalue weighted by Crippen LogP contribution is -1.99. The molecule has 1 aromatic carbocycles. The highest BCUT2D eigenvalue weighted by atomic mass is 16.4. The second-order valence-corrected chi connectivity index (χ2v) is 4.56. The van der Waals surface area contributed by atoms with Gasteiger partial charge >= 0.3 is 5.97 Å². The van der Waals surface area contributed by atoms with E-state index in [-0.39, 0.29) is 0 Å². The Hall–Kier alpha value is -2.42. The lowest BCUT2D eigenvalue weighted by molar-refractivity contribution is -0.131. The average molecular weight is 251 g/mol. The number of carboxylic acids is 1. The SMILES string of the molecule is O=C(O)C=C1c2ccccc2CCc2cccnc21. The molecule has 0 aliphatic heterocycles. The Bertz CT molecular complexity index is 624. The van der Waals surface area contributed by atoms with Crippen LogP contribution >= 0.6 is 0 Å². The van der Waals surface area contributed by atoms with Gasteiger partial charge in [-0.15, -0.1) is 0 Å². The molecule has 0 fully saturated rings. The maximum Gasteiger partial charge on any atom is 0.329 e. The molecule has 0 radical (unpaired) electrons. The molecule has 0 spiro atoms. The van der Waals surface area contributed by atoms with Crippen LogP contribution in [0.4, 0.5) is 0 Å². The first-order chi connectivity index (χ1) is 9.25. The van der Waals surface area contributed by atoms with Crippen molar-refractivity contribution >= 4 is 11.5 Å². The van der Waals surface area contributed by atoms with E-state index in [0.717, 1.165) is 29.7 Å². The molecule has 19 heavy (non-hydrogen) atoms. The Labute approximate surface area is 111 Å². The van der Waals surface area contributed by atoms with E-state index in [1.807, 2.05) is 30.3 Å². The molecule has 0 atom stereocenters. The van der Waals surface area contributed by atoms with Crippen LogP contribution in [0.25, 0.3) is 5.57 Å². The van der Waals surface area contributed by atoms with Crippen LogP contribution in [-0.4, -0.2) is 16.1 Å². The van der Waals surface area contributed by atoms with Gasteiger partial charge in [0, 0.05) is 17.8 Å². The standard InChI is InChI=1S/C16H13NO2/c18-15(19)10-14-13-6-2-1-4-11(13)7-8-12-5-3-9-17-16(12)14/h1-6,9-10H,7-8H2,(H,18,19). The lowest BCUT2D eigenvalue weighted by atomic mass is 9.97. The number of hydrogen-bond acceptors (Lipinski definition) is 2. The van der Waals surface area contributed by atoms with Crippen LogP contribution in [0.15, 0.2) is 48.7 Å². The summed E-state index contributed by atoms with van der Waals surface area (Å²) in [5, 5.41) is 9.10. The molecule has 1 N–H and O–H groups in total. The zero-order valence-corrected chi connectivity index (χ0v) is 10.3. The van der Waals surface area contributed by atoms with Gasteiger partial charge in [-0.2, -0.15) is 0 Å². The summed E-state index contributed by atoms with van der Waals surface area (Å²) in [5.74, 6) is -0.941. The summed E-state index contributed by atoms with van der Waals surface area (Å²) in [4.78, 5) is 15.5. The minimum absolute atomic E-state index is 0.705. The van der Waals surface area contributed by atoms with Gasteiger partial charge in [0.1, 0.15) is 0 Å². The molecule has 94 valence electrons. The van der Waals surface area contributed by atoms with Crippen LogP contribution in [0.1, 0.15) is 22.4 Å². The third kappa shape index (κ3) is 2.15. The Morgan fingerprint density at radius 2 is 1.84 bits per heavy atom. The summed E-state index contributed by atoms with van der Waals surface area (Å²) in [6.07, 6.45) is 4.77. The third-order valence-electron chi connectivity index (χ3n) is 3.39. The largest absolute Gasteiger partial charge is 0.478 e. The number of fused-ring (bicyclic) bond motifs is 2. The molecule has 0 amide bonds. The van der Waals surface area contributed by atoms with E-state index in [1.165, 1.54) is 11.6 Å². The van der Waals surface area contributed by atoms with Crippen LogP contribution < -0.4 is 0 Å². The Morgan fingerprint density at radius 1 is 1.11 bits per heavy atom. The highest BCUT2D eigenvalue weighted by Gasteiger charge is 2.19. The molecule has 1 aromatic heterocycles. The van der Waals surface area contributed by atoms with Crippen LogP contribution in [-0.2, 0) is 17.6 Å². The highest BCUT2D eigenvalue weighted by Crippen LogP contribution is 2.31. The monoisotopic (exact) mass is 251 g/mol. The van der Waals surface area contributed by atoms with Crippen molar-refractivity contribution in [2.24, 2.45) is 0 Å². The number of aromatic nitrogens is 1. The molecule has 1 aliphatic rings. The first-order valence-electron chi connectivity index (χ1n) is 6.23. The minimum atomic E-state index is -0.941. The van der Waals surface area contributed by atoms with Gasteiger partial charge in [-0.3, -0.25) is 4.98 Å². The smallest absolute Gasteiger partial charge is 0.329 e. The molecule has 3 nitrogen and oxygen atoms in total.